The van der Waals surface area contributed by atoms with Crippen molar-refractivity contribution in [1.29, 1.82) is 0 Å². The third-order valence-corrected chi connectivity index (χ3v) is 6.93. The number of benzene rings is 4. The van der Waals surface area contributed by atoms with Gasteiger partial charge in [0.15, 0.2) is 12.1 Å². The first-order valence-corrected chi connectivity index (χ1v) is 13.2. The first kappa shape index (κ1) is 26.7. The number of rotatable bonds is 8. The lowest BCUT2D eigenvalue weighted by molar-refractivity contribution is -0.136. The molecule has 1 saturated heterocycles. The first-order valence-electron chi connectivity index (χ1n) is 13.2. The highest BCUT2D eigenvalue weighted by atomic mass is 16.6. The molecule has 0 spiro atoms. The Morgan fingerprint density at radius 3 is 2.23 bits per heavy atom. The van der Waals surface area contributed by atoms with Gasteiger partial charge in [-0.2, -0.15) is 0 Å². The Kier molecular flexibility index (Phi) is 7.92. The van der Waals surface area contributed by atoms with E-state index in [-0.39, 0.29) is 18.4 Å². The first-order chi connectivity index (χ1) is 19.4. The van der Waals surface area contributed by atoms with E-state index < -0.39 is 18.2 Å². The molecule has 1 N–H and O–H groups in total. The zero-order valence-corrected chi connectivity index (χ0v) is 22.5. The maximum atomic E-state index is 13.9. The molecule has 4 aromatic rings. The van der Waals surface area contributed by atoms with Gasteiger partial charge in [-0.05, 0) is 47.9 Å². The van der Waals surface area contributed by atoms with Crippen LogP contribution in [-0.2, 0) is 22.6 Å². The largest absolute Gasteiger partial charge is 0.438 e. The lowest BCUT2D eigenvalue weighted by Crippen LogP contribution is -2.46. The van der Waals surface area contributed by atoms with Gasteiger partial charge in [0.05, 0.1) is 6.54 Å². The molecule has 0 radical (unpaired) electrons. The van der Waals surface area contributed by atoms with E-state index in [0.717, 1.165) is 16.7 Å². The van der Waals surface area contributed by atoms with Crippen molar-refractivity contribution in [2.24, 2.45) is 0 Å². The van der Waals surface area contributed by atoms with E-state index in [0.29, 0.717) is 23.4 Å². The lowest BCUT2D eigenvalue weighted by atomic mass is 9.99. The highest BCUT2D eigenvalue weighted by Gasteiger charge is 2.48. The molecule has 0 aliphatic carbocycles. The van der Waals surface area contributed by atoms with E-state index >= 15 is 0 Å². The number of nitrogens with zero attached hydrogens (tertiary/aromatic N) is 2. The minimum absolute atomic E-state index is 0.232. The normalized spacial score (nSPS) is 16.4. The summed E-state index contributed by atoms with van der Waals surface area (Å²) in [5.41, 5.74) is 4.57. The van der Waals surface area contributed by atoms with Crippen molar-refractivity contribution in [3.8, 4) is 0 Å². The van der Waals surface area contributed by atoms with E-state index in [4.69, 9.17) is 4.74 Å². The Bertz CT molecular complexity index is 1510. The summed E-state index contributed by atoms with van der Waals surface area (Å²) in [7, 11) is 1.73. The molecule has 0 bridgehead atoms. The Morgan fingerprint density at radius 2 is 1.52 bits per heavy atom. The summed E-state index contributed by atoms with van der Waals surface area (Å²) in [6.45, 7) is 2.55. The van der Waals surface area contributed by atoms with Crippen LogP contribution in [0.15, 0.2) is 109 Å². The Labute approximate surface area is 234 Å². The fourth-order valence-electron chi connectivity index (χ4n) is 4.92. The van der Waals surface area contributed by atoms with Gasteiger partial charge in [-0.15, -0.1) is 0 Å². The average Bonchev–Trinajstić information content (AvgIpc) is 3.29. The standard InChI is InChI=1S/C33H31N3O4/c1-23-11-9-17-27(19-23)31(37)34-28-18-10-16-26(20-28)30-29(32(38)35(2)21-24-12-5-3-6-13-24)36(33(39)40-30)22-25-14-7-4-8-15-25/h3-20,29-30H,21-22H2,1-2H3,(H,34,37)/t29-,30-/m0/s1. The average molecular weight is 534 g/mol. The molecule has 2 atom stereocenters. The van der Waals surface area contributed by atoms with Crippen LogP contribution in [0.2, 0.25) is 0 Å². The summed E-state index contributed by atoms with van der Waals surface area (Å²) in [6, 6.07) is 32.8. The monoisotopic (exact) mass is 533 g/mol. The van der Waals surface area contributed by atoms with Crippen molar-refractivity contribution in [3.05, 3.63) is 137 Å². The number of aryl methyl sites for hydroxylation is 1. The molecule has 1 aliphatic rings. The van der Waals surface area contributed by atoms with Gasteiger partial charge in [0.2, 0.25) is 5.91 Å². The highest BCUT2D eigenvalue weighted by Crippen LogP contribution is 2.36. The number of nitrogens with one attached hydrogen (secondary N) is 1. The Hall–Kier alpha value is -4.91. The van der Waals surface area contributed by atoms with Gasteiger partial charge < -0.3 is 15.0 Å². The maximum Gasteiger partial charge on any atom is 0.411 e. The summed E-state index contributed by atoms with van der Waals surface area (Å²) in [5.74, 6) is -0.477. The number of amides is 3. The smallest absolute Gasteiger partial charge is 0.411 e. The fourth-order valence-corrected chi connectivity index (χ4v) is 4.92. The molecule has 40 heavy (non-hydrogen) atoms. The van der Waals surface area contributed by atoms with E-state index in [2.05, 4.69) is 5.32 Å². The van der Waals surface area contributed by atoms with Gasteiger partial charge in [0, 0.05) is 24.8 Å². The second-order valence-electron chi connectivity index (χ2n) is 9.99. The van der Waals surface area contributed by atoms with Crippen LogP contribution in [0.25, 0.3) is 0 Å². The van der Waals surface area contributed by atoms with E-state index in [9.17, 15) is 14.4 Å². The van der Waals surface area contributed by atoms with Crippen molar-refractivity contribution < 1.29 is 19.1 Å². The van der Waals surface area contributed by atoms with Crippen LogP contribution in [0.5, 0.6) is 0 Å². The SMILES string of the molecule is Cc1cccc(C(=O)Nc2cccc([C@@H]3OC(=O)N(Cc4ccccc4)[C@@H]3C(=O)N(C)Cc3ccccc3)c2)c1. The number of hydrogen-bond donors (Lipinski definition) is 1. The highest BCUT2D eigenvalue weighted by molar-refractivity contribution is 6.04. The van der Waals surface area contributed by atoms with Crippen LogP contribution < -0.4 is 5.32 Å². The number of cyclic esters (lactones) is 1. The second kappa shape index (κ2) is 11.9. The number of likely N-dealkylation sites (N-methyl/N-ethyl adjacent to an activating group) is 1. The minimum atomic E-state index is -0.885. The summed E-state index contributed by atoms with van der Waals surface area (Å²) in [5, 5.41) is 2.92. The summed E-state index contributed by atoms with van der Waals surface area (Å²) in [4.78, 5) is 43.1. The summed E-state index contributed by atoms with van der Waals surface area (Å²) < 4.78 is 5.85. The predicted molar refractivity (Wildman–Crippen MR) is 153 cm³/mol. The van der Waals surface area contributed by atoms with Crippen molar-refractivity contribution in [1.82, 2.24) is 9.80 Å². The van der Waals surface area contributed by atoms with Crippen LogP contribution in [-0.4, -0.2) is 40.8 Å². The van der Waals surface area contributed by atoms with Crippen LogP contribution in [0.3, 0.4) is 0 Å². The molecule has 5 rings (SSSR count). The van der Waals surface area contributed by atoms with Gasteiger partial charge in [-0.1, -0.05) is 90.5 Å². The molecular weight excluding hydrogens is 502 g/mol. The van der Waals surface area contributed by atoms with E-state index in [1.807, 2.05) is 91.9 Å². The fraction of sp³-hybridized carbons (Fsp3) is 0.182. The second-order valence-corrected chi connectivity index (χ2v) is 9.99. The molecule has 202 valence electrons. The van der Waals surface area contributed by atoms with Crippen LogP contribution in [0.1, 0.15) is 38.7 Å². The molecule has 7 heteroatoms. The lowest BCUT2D eigenvalue weighted by Gasteiger charge is -2.28. The molecule has 0 saturated carbocycles. The van der Waals surface area contributed by atoms with Gasteiger partial charge in [-0.25, -0.2) is 4.79 Å². The van der Waals surface area contributed by atoms with Crippen LogP contribution in [0.4, 0.5) is 10.5 Å². The molecule has 1 fully saturated rings. The number of carbonyl (C=O) groups excluding carboxylic acids is 3. The zero-order valence-electron chi connectivity index (χ0n) is 22.5. The summed E-state index contributed by atoms with van der Waals surface area (Å²) in [6.07, 6.45) is -1.41. The van der Waals surface area contributed by atoms with Gasteiger partial charge in [0.25, 0.3) is 5.91 Å². The molecule has 1 heterocycles. The quantitative estimate of drug-likeness (QED) is 0.303. The number of anilines is 1. The Balaban J connectivity index is 1.43. The molecule has 0 aromatic heterocycles. The number of ether oxygens (including phenoxy) is 1. The number of hydrogen-bond acceptors (Lipinski definition) is 4. The molecule has 3 amide bonds. The molecule has 7 nitrogen and oxygen atoms in total. The minimum Gasteiger partial charge on any atom is -0.438 e. The van der Waals surface area contributed by atoms with Crippen molar-refractivity contribution in [2.45, 2.75) is 32.2 Å². The Morgan fingerprint density at radius 1 is 0.850 bits per heavy atom. The zero-order chi connectivity index (χ0) is 28.1. The molecular formula is C33H31N3O4. The molecule has 4 aromatic carbocycles. The van der Waals surface area contributed by atoms with Crippen LogP contribution in [0, 0.1) is 6.92 Å². The topological polar surface area (TPSA) is 79.0 Å². The van der Waals surface area contributed by atoms with Crippen molar-refractivity contribution in [2.75, 3.05) is 12.4 Å². The maximum absolute atomic E-state index is 13.9. The van der Waals surface area contributed by atoms with Gasteiger partial charge >= 0.3 is 6.09 Å². The van der Waals surface area contributed by atoms with Gasteiger partial charge in [-0.3, -0.25) is 14.5 Å². The molecule has 0 unspecified atom stereocenters. The van der Waals surface area contributed by atoms with Crippen molar-refractivity contribution >= 4 is 23.6 Å². The van der Waals surface area contributed by atoms with Crippen molar-refractivity contribution in [3.63, 3.8) is 0 Å². The number of carbonyl (C=O) groups is 3. The third-order valence-electron chi connectivity index (χ3n) is 6.93. The predicted octanol–water partition coefficient (Wildman–Crippen LogP) is 5.97. The third kappa shape index (κ3) is 6.04. The van der Waals surface area contributed by atoms with Gasteiger partial charge in [0.1, 0.15) is 0 Å². The summed E-state index contributed by atoms with van der Waals surface area (Å²) >= 11 is 0. The molecule has 1 aliphatic heterocycles. The van der Waals surface area contributed by atoms with E-state index in [1.165, 1.54) is 4.90 Å². The van der Waals surface area contributed by atoms with Crippen LogP contribution >= 0.6 is 0 Å². The van der Waals surface area contributed by atoms with E-state index in [1.54, 1.807) is 36.2 Å².